The number of carbonyl (C=O) groups is 1. The van der Waals surface area contributed by atoms with E-state index in [1.165, 1.54) is 0 Å². The molecular weight excluding hydrogens is 306 g/mol. The summed E-state index contributed by atoms with van der Waals surface area (Å²) in [5.74, 6) is 1.01. The molecule has 0 bridgehead atoms. The second-order valence-corrected chi connectivity index (χ2v) is 5.43. The van der Waals surface area contributed by atoms with E-state index in [1.807, 2.05) is 47.9 Å². The van der Waals surface area contributed by atoms with Gasteiger partial charge in [-0.3, -0.25) is 4.79 Å². The Morgan fingerprint density at radius 2 is 2.00 bits per heavy atom. The lowest BCUT2D eigenvalue weighted by atomic mass is 10.2. The van der Waals surface area contributed by atoms with E-state index in [-0.39, 0.29) is 5.91 Å². The number of imidazole rings is 1. The first-order chi connectivity index (χ1) is 11.6. The highest BCUT2D eigenvalue weighted by atomic mass is 16.5. The van der Waals surface area contributed by atoms with Crippen molar-refractivity contribution in [2.24, 2.45) is 0 Å². The molecule has 0 atom stereocenters. The van der Waals surface area contributed by atoms with E-state index in [4.69, 9.17) is 9.47 Å². The number of ether oxygens (including phenoxy) is 2. The number of methoxy groups -OCH3 is 2. The van der Waals surface area contributed by atoms with Crippen LogP contribution in [0.2, 0.25) is 0 Å². The van der Waals surface area contributed by atoms with Crippen LogP contribution in [0, 0.1) is 6.92 Å². The number of nitrogens with one attached hydrogen (secondary N) is 1. The highest BCUT2D eigenvalue weighted by Gasteiger charge is 2.13. The fraction of sp³-hybridized carbons (Fsp3) is 0.222. The molecule has 0 radical (unpaired) electrons. The highest BCUT2D eigenvalue weighted by Crippen LogP contribution is 2.30. The highest BCUT2D eigenvalue weighted by molar-refractivity contribution is 5.92. The smallest absolute Gasteiger partial charge is 0.271 e. The molecule has 0 saturated carbocycles. The van der Waals surface area contributed by atoms with Gasteiger partial charge in [0.25, 0.3) is 5.91 Å². The molecule has 2 heterocycles. The van der Waals surface area contributed by atoms with Gasteiger partial charge < -0.3 is 19.2 Å². The molecule has 24 heavy (non-hydrogen) atoms. The molecule has 3 rings (SSSR count). The molecule has 0 unspecified atom stereocenters. The molecule has 6 heteroatoms. The first-order valence-electron chi connectivity index (χ1n) is 7.56. The maximum Gasteiger partial charge on any atom is 0.271 e. The standard InChI is InChI=1S/C18H19N3O3/c1-12-7-8-16-20-14(11-21(16)10-12)18(22)19-9-13-5-4-6-15(23-2)17(13)24-3/h4-8,10-11H,9H2,1-3H3,(H,19,22). The minimum atomic E-state index is -0.235. The van der Waals surface area contributed by atoms with Crippen molar-refractivity contribution in [2.45, 2.75) is 13.5 Å². The molecule has 0 spiro atoms. The van der Waals surface area contributed by atoms with Crippen LogP contribution in [0.1, 0.15) is 21.6 Å². The molecule has 124 valence electrons. The molecule has 0 aliphatic carbocycles. The van der Waals surface area contributed by atoms with E-state index in [9.17, 15) is 4.79 Å². The van der Waals surface area contributed by atoms with E-state index in [0.717, 1.165) is 16.8 Å². The Hall–Kier alpha value is -3.02. The van der Waals surface area contributed by atoms with Crippen LogP contribution in [0.4, 0.5) is 0 Å². The maximum absolute atomic E-state index is 12.4. The number of pyridine rings is 1. The second kappa shape index (κ2) is 6.62. The third-order valence-electron chi connectivity index (χ3n) is 3.76. The lowest BCUT2D eigenvalue weighted by Gasteiger charge is -2.12. The van der Waals surface area contributed by atoms with Crippen molar-refractivity contribution in [1.82, 2.24) is 14.7 Å². The number of benzene rings is 1. The van der Waals surface area contributed by atoms with E-state index in [1.54, 1.807) is 20.4 Å². The van der Waals surface area contributed by atoms with Gasteiger partial charge in [-0.05, 0) is 24.6 Å². The van der Waals surface area contributed by atoms with Crippen molar-refractivity contribution in [2.75, 3.05) is 14.2 Å². The van der Waals surface area contributed by atoms with E-state index in [2.05, 4.69) is 10.3 Å². The van der Waals surface area contributed by atoms with Gasteiger partial charge in [-0.2, -0.15) is 0 Å². The van der Waals surface area contributed by atoms with Crippen molar-refractivity contribution in [3.05, 3.63) is 59.5 Å². The molecular formula is C18H19N3O3. The summed E-state index contributed by atoms with van der Waals surface area (Å²) in [6.45, 7) is 2.32. The zero-order valence-corrected chi connectivity index (χ0v) is 13.9. The number of carbonyl (C=O) groups excluding carboxylic acids is 1. The van der Waals surface area contributed by atoms with Crippen molar-refractivity contribution in [1.29, 1.82) is 0 Å². The molecule has 0 saturated heterocycles. The fourth-order valence-electron chi connectivity index (χ4n) is 2.57. The minimum Gasteiger partial charge on any atom is -0.493 e. The van der Waals surface area contributed by atoms with Gasteiger partial charge in [-0.1, -0.05) is 18.2 Å². The number of para-hydroxylation sites is 1. The van der Waals surface area contributed by atoms with Crippen molar-refractivity contribution in [3.63, 3.8) is 0 Å². The SMILES string of the molecule is COc1cccc(CNC(=O)c2cn3cc(C)ccc3n2)c1OC. The van der Waals surface area contributed by atoms with Crippen LogP contribution in [-0.4, -0.2) is 29.5 Å². The summed E-state index contributed by atoms with van der Waals surface area (Å²) in [5.41, 5.74) is 3.06. The molecule has 2 aromatic heterocycles. The number of amides is 1. The summed E-state index contributed by atoms with van der Waals surface area (Å²) in [4.78, 5) is 16.7. The number of rotatable bonds is 5. The van der Waals surface area contributed by atoms with Crippen LogP contribution in [0.3, 0.4) is 0 Å². The minimum absolute atomic E-state index is 0.235. The van der Waals surface area contributed by atoms with Gasteiger partial charge in [0.1, 0.15) is 11.3 Å². The molecule has 1 N–H and O–H groups in total. The molecule has 0 fully saturated rings. The van der Waals surface area contributed by atoms with Crippen molar-refractivity contribution in [3.8, 4) is 11.5 Å². The topological polar surface area (TPSA) is 64.9 Å². The van der Waals surface area contributed by atoms with E-state index >= 15 is 0 Å². The van der Waals surface area contributed by atoms with Crippen LogP contribution >= 0.6 is 0 Å². The van der Waals surface area contributed by atoms with Gasteiger partial charge >= 0.3 is 0 Å². The van der Waals surface area contributed by atoms with Gasteiger partial charge in [0, 0.05) is 24.5 Å². The number of hydrogen-bond acceptors (Lipinski definition) is 4. The van der Waals surface area contributed by atoms with Gasteiger partial charge in [-0.15, -0.1) is 0 Å². The Morgan fingerprint density at radius 3 is 2.75 bits per heavy atom. The predicted molar refractivity (Wildman–Crippen MR) is 90.6 cm³/mol. The number of aryl methyl sites for hydroxylation is 1. The number of fused-ring (bicyclic) bond motifs is 1. The summed E-state index contributed by atoms with van der Waals surface area (Å²) in [7, 11) is 3.16. The molecule has 6 nitrogen and oxygen atoms in total. The maximum atomic E-state index is 12.4. The average molecular weight is 325 g/mol. The first-order valence-corrected chi connectivity index (χ1v) is 7.56. The van der Waals surface area contributed by atoms with Crippen molar-refractivity contribution < 1.29 is 14.3 Å². The van der Waals surface area contributed by atoms with Gasteiger partial charge in [-0.25, -0.2) is 4.98 Å². The fourth-order valence-corrected chi connectivity index (χ4v) is 2.57. The number of hydrogen-bond donors (Lipinski definition) is 1. The summed E-state index contributed by atoms with van der Waals surface area (Å²) in [6, 6.07) is 9.40. The Balaban J connectivity index is 1.77. The van der Waals surface area contributed by atoms with Crippen molar-refractivity contribution >= 4 is 11.6 Å². The predicted octanol–water partition coefficient (Wildman–Crippen LogP) is 2.59. The lowest BCUT2D eigenvalue weighted by molar-refractivity contribution is 0.0946. The van der Waals surface area contributed by atoms with Gasteiger partial charge in [0.15, 0.2) is 11.5 Å². The van der Waals surface area contributed by atoms with Crippen LogP contribution in [-0.2, 0) is 6.54 Å². The Labute approximate surface area is 140 Å². The van der Waals surface area contributed by atoms with Gasteiger partial charge in [0.05, 0.1) is 14.2 Å². The summed E-state index contributed by atoms with van der Waals surface area (Å²) in [6.07, 6.45) is 3.66. The zero-order valence-electron chi connectivity index (χ0n) is 13.9. The molecule has 1 amide bonds. The van der Waals surface area contributed by atoms with Crippen LogP contribution in [0.25, 0.3) is 5.65 Å². The second-order valence-electron chi connectivity index (χ2n) is 5.43. The summed E-state index contributed by atoms with van der Waals surface area (Å²) in [5, 5.41) is 2.87. The Kier molecular flexibility index (Phi) is 4.37. The monoisotopic (exact) mass is 325 g/mol. The molecule has 1 aromatic carbocycles. The van der Waals surface area contributed by atoms with E-state index < -0.39 is 0 Å². The third-order valence-corrected chi connectivity index (χ3v) is 3.76. The Bertz CT molecular complexity index is 886. The summed E-state index contributed by atoms with van der Waals surface area (Å²) < 4.78 is 12.5. The van der Waals surface area contributed by atoms with E-state index in [0.29, 0.717) is 23.7 Å². The molecule has 0 aliphatic heterocycles. The number of nitrogens with zero attached hydrogens (tertiary/aromatic N) is 2. The first kappa shape index (κ1) is 15.9. The molecule has 0 aliphatic rings. The van der Waals surface area contributed by atoms with Crippen LogP contribution in [0.15, 0.2) is 42.7 Å². The third kappa shape index (κ3) is 3.03. The number of aromatic nitrogens is 2. The normalized spacial score (nSPS) is 10.6. The zero-order chi connectivity index (χ0) is 17.1. The largest absolute Gasteiger partial charge is 0.493 e. The summed E-state index contributed by atoms with van der Waals surface area (Å²) >= 11 is 0. The van der Waals surface area contributed by atoms with Gasteiger partial charge in [0.2, 0.25) is 0 Å². The lowest BCUT2D eigenvalue weighted by Crippen LogP contribution is -2.23. The quantitative estimate of drug-likeness (QED) is 0.783. The van der Waals surface area contributed by atoms with Crippen LogP contribution < -0.4 is 14.8 Å². The Morgan fingerprint density at radius 1 is 1.17 bits per heavy atom. The molecule has 3 aromatic rings. The average Bonchev–Trinajstić information content (AvgIpc) is 3.02. The van der Waals surface area contributed by atoms with Crippen LogP contribution in [0.5, 0.6) is 11.5 Å².